The molecule has 3 saturated carbocycles. The van der Waals surface area contributed by atoms with Gasteiger partial charge in [-0.15, -0.1) is 0 Å². The monoisotopic (exact) mass is 680 g/mol. The third kappa shape index (κ3) is 10.1. The number of ether oxygens (including phenoxy) is 4. The van der Waals surface area contributed by atoms with Gasteiger partial charge in [0.15, 0.2) is 0 Å². The maximum atomic E-state index is 13.2. The van der Waals surface area contributed by atoms with E-state index in [1.54, 1.807) is 0 Å². The van der Waals surface area contributed by atoms with E-state index in [1.807, 2.05) is 0 Å². The van der Waals surface area contributed by atoms with Crippen LogP contribution in [-0.4, -0.2) is 75.0 Å². The minimum Gasteiger partial charge on any atom is -0.464 e. The molecule has 3 rings (SSSR count). The second-order valence-corrected chi connectivity index (χ2v) is 15.2. The average molecular weight is 681 g/mol. The minimum absolute atomic E-state index is 0.0961. The number of rotatable bonds is 15. The smallest absolute Gasteiger partial charge is 0.307 e. The van der Waals surface area contributed by atoms with Gasteiger partial charge in [0.2, 0.25) is 0 Å². The minimum atomic E-state index is -0.435. The highest BCUT2D eigenvalue weighted by atomic mass is 16.6. The summed E-state index contributed by atoms with van der Waals surface area (Å²) in [7, 11) is 0. The van der Waals surface area contributed by atoms with Crippen LogP contribution in [0.5, 0.6) is 0 Å². The standard InChI is InChI=1S/C36H64N4O8/c1-23(5-8-31(41)45-18-17-40)29-7-6-25-20-28(47-33(43)11-15-38)22-26-21-27(46-32(42)10-14-37)9-13-35(26,3)24(2)19-30(36(25,29)4)48-34(44)12-16-39/h23-30H,5-22,37-40H2,1-4H3/t23-,24-,25+,26?,27-,28+,29?,30+,35?,36+/m1/s1. The zero-order valence-corrected chi connectivity index (χ0v) is 29.9. The Labute approximate surface area is 287 Å². The van der Waals surface area contributed by atoms with Crippen LogP contribution >= 0.6 is 0 Å². The molecule has 0 aromatic carbocycles. The molecule has 0 heterocycles. The summed E-state index contributed by atoms with van der Waals surface area (Å²) in [6.45, 7) is 10.1. The zero-order chi connectivity index (χ0) is 35.5. The Bertz CT molecular complexity index is 1080. The van der Waals surface area contributed by atoms with E-state index in [-0.39, 0.29) is 123 Å². The Morgan fingerprint density at radius 2 is 1.25 bits per heavy atom. The van der Waals surface area contributed by atoms with Gasteiger partial charge in [-0.1, -0.05) is 27.7 Å². The molecule has 0 spiro atoms. The molecule has 10 atom stereocenters. The summed E-state index contributed by atoms with van der Waals surface area (Å²) in [5.41, 5.74) is 22.0. The van der Waals surface area contributed by atoms with Gasteiger partial charge in [0, 0.05) is 38.0 Å². The van der Waals surface area contributed by atoms with Crippen molar-refractivity contribution in [2.75, 3.05) is 32.8 Å². The van der Waals surface area contributed by atoms with Crippen molar-refractivity contribution >= 4 is 23.9 Å². The Balaban J connectivity index is 2.02. The van der Waals surface area contributed by atoms with E-state index in [0.717, 1.165) is 25.7 Å². The SMILES string of the molecule is C[C@H](CCC(=O)OCCN)C1CC[C@H]2C[C@H](OC(=O)CCN)CC3C[C@H](OC(=O)CCN)CCC3(C)[C@H](C)C[C@H](OC(=O)CCN)[C@]12C. The van der Waals surface area contributed by atoms with Crippen LogP contribution < -0.4 is 22.9 Å². The topological polar surface area (TPSA) is 209 Å². The van der Waals surface area contributed by atoms with Gasteiger partial charge in [0.05, 0.1) is 19.3 Å². The molecule has 3 fully saturated rings. The van der Waals surface area contributed by atoms with Crippen molar-refractivity contribution in [1.82, 2.24) is 0 Å². The van der Waals surface area contributed by atoms with Crippen LogP contribution in [0, 0.1) is 40.4 Å². The normalized spacial score (nSPS) is 34.2. The predicted molar refractivity (Wildman–Crippen MR) is 182 cm³/mol. The summed E-state index contributed by atoms with van der Waals surface area (Å²) in [5.74, 6) is -0.516. The van der Waals surface area contributed by atoms with Crippen LogP contribution in [0.3, 0.4) is 0 Å². The first-order valence-electron chi connectivity index (χ1n) is 18.4. The lowest BCUT2D eigenvalue weighted by molar-refractivity contribution is -0.172. The molecule has 0 amide bonds. The number of fused-ring (bicyclic) bond motifs is 2. The number of nitrogens with two attached hydrogens (primary N) is 4. The fourth-order valence-corrected chi connectivity index (χ4v) is 9.28. The highest BCUT2D eigenvalue weighted by Crippen LogP contribution is 2.60. The van der Waals surface area contributed by atoms with Crippen LogP contribution in [0.1, 0.15) is 111 Å². The number of carbonyl (C=O) groups excluding carboxylic acids is 4. The number of carbonyl (C=O) groups is 4. The van der Waals surface area contributed by atoms with E-state index in [4.69, 9.17) is 41.9 Å². The van der Waals surface area contributed by atoms with Gasteiger partial charge in [0.25, 0.3) is 0 Å². The molecule has 12 heteroatoms. The first-order valence-corrected chi connectivity index (χ1v) is 18.4. The summed E-state index contributed by atoms with van der Waals surface area (Å²) in [6, 6.07) is 0. The third-order valence-electron chi connectivity index (χ3n) is 12.3. The summed E-state index contributed by atoms with van der Waals surface area (Å²) in [5, 5.41) is 0. The molecule has 0 radical (unpaired) electrons. The lowest BCUT2D eigenvalue weighted by Gasteiger charge is -2.53. The van der Waals surface area contributed by atoms with Crippen molar-refractivity contribution in [3.63, 3.8) is 0 Å². The van der Waals surface area contributed by atoms with Crippen LogP contribution in [0.4, 0.5) is 0 Å². The highest BCUT2D eigenvalue weighted by Gasteiger charge is 2.57. The molecular formula is C36H64N4O8. The zero-order valence-electron chi connectivity index (χ0n) is 29.9. The predicted octanol–water partition coefficient (Wildman–Crippen LogP) is 3.35. The van der Waals surface area contributed by atoms with E-state index >= 15 is 0 Å². The van der Waals surface area contributed by atoms with Gasteiger partial charge in [-0.05, 0) is 92.8 Å². The summed E-state index contributed by atoms with van der Waals surface area (Å²) >= 11 is 0. The molecule has 3 unspecified atom stereocenters. The molecule has 12 nitrogen and oxygen atoms in total. The van der Waals surface area contributed by atoms with Crippen molar-refractivity contribution in [2.24, 2.45) is 63.4 Å². The molecule has 48 heavy (non-hydrogen) atoms. The van der Waals surface area contributed by atoms with E-state index in [2.05, 4.69) is 27.7 Å². The fourth-order valence-electron chi connectivity index (χ4n) is 9.28. The van der Waals surface area contributed by atoms with Gasteiger partial charge in [-0.25, -0.2) is 0 Å². The molecule has 3 aliphatic rings. The number of hydrogen-bond donors (Lipinski definition) is 4. The second kappa shape index (κ2) is 18.6. The molecule has 0 bridgehead atoms. The lowest BCUT2D eigenvalue weighted by atomic mass is 9.54. The van der Waals surface area contributed by atoms with Crippen molar-refractivity contribution in [1.29, 1.82) is 0 Å². The molecule has 0 aromatic rings. The fraction of sp³-hybridized carbons (Fsp3) is 0.889. The summed E-state index contributed by atoms with van der Waals surface area (Å²) in [6.07, 6.45) is 6.34. The first-order chi connectivity index (χ1) is 22.8. The van der Waals surface area contributed by atoms with E-state index < -0.39 is 11.5 Å². The molecule has 276 valence electrons. The van der Waals surface area contributed by atoms with Crippen LogP contribution in [0.2, 0.25) is 0 Å². The molecule has 0 saturated heterocycles. The van der Waals surface area contributed by atoms with Crippen molar-refractivity contribution in [2.45, 2.75) is 129 Å². The Morgan fingerprint density at radius 3 is 1.85 bits per heavy atom. The lowest BCUT2D eigenvalue weighted by Crippen LogP contribution is -2.51. The maximum Gasteiger partial charge on any atom is 0.307 e. The largest absolute Gasteiger partial charge is 0.464 e. The second-order valence-electron chi connectivity index (χ2n) is 15.2. The Kier molecular flexibility index (Phi) is 15.6. The quantitative estimate of drug-likeness (QED) is 0.145. The van der Waals surface area contributed by atoms with Crippen LogP contribution in [0.25, 0.3) is 0 Å². The molecule has 0 aromatic heterocycles. The summed E-state index contributed by atoms with van der Waals surface area (Å²) in [4.78, 5) is 51.1. The average Bonchev–Trinajstić information content (AvgIpc) is 3.36. The number of esters is 4. The van der Waals surface area contributed by atoms with Gasteiger partial charge in [0.1, 0.15) is 24.9 Å². The third-order valence-corrected chi connectivity index (χ3v) is 12.3. The van der Waals surface area contributed by atoms with Gasteiger partial charge >= 0.3 is 23.9 Å². The molecule has 0 aliphatic heterocycles. The Hall–Kier alpha value is -2.28. The van der Waals surface area contributed by atoms with Crippen LogP contribution in [0.15, 0.2) is 0 Å². The van der Waals surface area contributed by atoms with Gasteiger partial charge < -0.3 is 41.9 Å². The maximum absolute atomic E-state index is 13.2. The Morgan fingerprint density at radius 1 is 0.688 bits per heavy atom. The van der Waals surface area contributed by atoms with Crippen molar-refractivity contribution in [3.8, 4) is 0 Å². The molecular weight excluding hydrogens is 616 g/mol. The first kappa shape index (κ1) is 40.2. The van der Waals surface area contributed by atoms with E-state index in [9.17, 15) is 19.2 Å². The highest BCUT2D eigenvalue weighted by molar-refractivity contribution is 5.71. The molecule has 3 aliphatic carbocycles. The molecule has 8 N–H and O–H groups in total. The van der Waals surface area contributed by atoms with Gasteiger partial charge in [-0.2, -0.15) is 0 Å². The van der Waals surface area contributed by atoms with Crippen molar-refractivity contribution < 1.29 is 38.1 Å². The van der Waals surface area contributed by atoms with E-state index in [0.29, 0.717) is 38.5 Å². The summed E-state index contributed by atoms with van der Waals surface area (Å²) < 4.78 is 23.8. The number of hydrogen-bond acceptors (Lipinski definition) is 12. The van der Waals surface area contributed by atoms with Gasteiger partial charge in [-0.3, -0.25) is 19.2 Å². The van der Waals surface area contributed by atoms with Crippen LogP contribution in [-0.2, 0) is 38.1 Å². The van der Waals surface area contributed by atoms with Crippen molar-refractivity contribution in [3.05, 3.63) is 0 Å². The van der Waals surface area contributed by atoms with E-state index in [1.165, 1.54) is 0 Å².